The highest BCUT2D eigenvalue weighted by atomic mass is 16.5. The van der Waals surface area contributed by atoms with Gasteiger partial charge in [-0.3, -0.25) is 4.79 Å². The highest BCUT2D eigenvalue weighted by Gasteiger charge is 2.51. The normalized spacial score (nSPS) is 17.6. The zero-order valence-electron chi connectivity index (χ0n) is 11.2. The van der Waals surface area contributed by atoms with Crippen LogP contribution in [0.25, 0.3) is 0 Å². The van der Waals surface area contributed by atoms with Crippen LogP contribution in [0.15, 0.2) is 24.3 Å². The molecular weight excluding hydrogens is 246 g/mol. The number of likely N-dealkylation sites (N-methyl/N-ethyl adjacent to an activating group) is 1. The van der Waals surface area contributed by atoms with Crippen molar-refractivity contribution in [3.8, 4) is 11.5 Å². The van der Waals surface area contributed by atoms with Crippen LogP contribution in [0.1, 0.15) is 12.8 Å². The monoisotopic (exact) mass is 265 g/mol. The van der Waals surface area contributed by atoms with Crippen LogP contribution in [0.5, 0.6) is 11.5 Å². The smallest absolute Gasteiger partial charge is 0.327 e. The van der Waals surface area contributed by atoms with E-state index in [1.54, 1.807) is 26.3 Å². The van der Waals surface area contributed by atoms with Gasteiger partial charge in [-0.1, -0.05) is 6.07 Å². The second kappa shape index (κ2) is 5.48. The molecule has 1 aromatic carbocycles. The molecule has 2 N–H and O–H groups in total. The minimum atomic E-state index is -0.997. The first-order valence-electron chi connectivity index (χ1n) is 6.31. The number of methoxy groups -OCH3 is 1. The van der Waals surface area contributed by atoms with Crippen LogP contribution in [-0.2, 0) is 4.79 Å². The summed E-state index contributed by atoms with van der Waals surface area (Å²) in [5.74, 6) is 0.580. The van der Waals surface area contributed by atoms with Crippen molar-refractivity contribution in [2.75, 3.05) is 20.8 Å². The quantitative estimate of drug-likeness (QED) is 0.782. The molecule has 0 radical (unpaired) electrons. The number of rotatable bonds is 7. The van der Waals surface area contributed by atoms with Gasteiger partial charge in [0.25, 0.3) is 0 Å². The van der Waals surface area contributed by atoms with Crippen molar-refractivity contribution in [2.24, 2.45) is 5.92 Å². The van der Waals surface area contributed by atoms with Gasteiger partial charge in [-0.25, -0.2) is 0 Å². The summed E-state index contributed by atoms with van der Waals surface area (Å²) in [6.45, 7) is 0.108. The van der Waals surface area contributed by atoms with Crippen molar-refractivity contribution in [1.82, 2.24) is 5.32 Å². The van der Waals surface area contributed by atoms with Crippen molar-refractivity contribution < 1.29 is 19.4 Å². The van der Waals surface area contributed by atoms with Crippen LogP contribution in [0.4, 0.5) is 0 Å². The van der Waals surface area contributed by atoms with E-state index in [4.69, 9.17) is 9.47 Å². The summed E-state index contributed by atoms with van der Waals surface area (Å²) in [6.07, 6.45) is 1.85. The summed E-state index contributed by atoms with van der Waals surface area (Å²) in [5.41, 5.74) is -0.997. The molecule has 1 atom stereocenters. The van der Waals surface area contributed by atoms with Crippen LogP contribution in [0, 0.1) is 5.92 Å². The lowest BCUT2D eigenvalue weighted by molar-refractivity contribution is -0.147. The standard InChI is InChI=1S/C14H19NO4/c1-15-14(13(16)17,10-6-7-10)9-19-12-5-3-4-11(8-12)18-2/h3-5,8,10,15H,6-7,9H2,1-2H3,(H,16,17). The van der Waals surface area contributed by atoms with E-state index in [2.05, 4.69) is 5.32 Å². The summed E-state index contributed by atoms with van der Waals surface area (Å²) >= 11 is 0. The van der Waals surface area contributed by atoms with Crippen LogP contribution in [0.3, 0.4) is 0 Å². The van der Waals surface area contributed by atoms with Gasteiger partial charge < -0.3 is 19.9 Å². The molecule has 0 saturated heterocycles. The Bertz CT molecular complexity index is 459. The fraction of sp³-hybridized carbons (Fsp3) is 0.500. The molecular formula is C14H19NO4. The van der Waals surface area contributed by atoms with Gasteiger partial charge in [0.05, 0.1) is 7.11 Å². The van der Waals surface area contributed by atoms with Gasteiger partial charge in [-0.2, -0.15) is 0 Å². The Morgan fingerprint density at radius 1 is 1.47 bits per heavy atom. The molecule has 0 aliphatic heterocycles. The molecule has 19 heavy (non-hydrogen) atoms. The van der Waals surface area contributed by atoms with Gasteiger partial charge in [-0.05, 0) is 37.9 Å². The Kier molecular flexibility index (Phi) is 3.95. The predicted octanol–water partition coefficient (Wildman–Crippen LogP) is 1.53. The van der Waals surface area contributed by atoms with Gasteiger partial charge in [0, 0.05) is 6.07 Å². The molecule has 0 bridgehead atoms. The summed E-state index contributed by atoms with van der Waals surface area (Å²) in [7, 11) is 3.25. The van der Waals surface area contributed by atoms with E-state index in [0.717, 1.165) is 12.8 Å². The number of aliphatic carboxylic acids is 1. The Morgan fingerprint density at radius 3 is 2.68 bits per heavy atom. The van der Waals surface area contributed by atoms with E-state index in [1.165, 1.54) is 0 Å². The number of benzene rings is 1. The van der Waals surface area contributed by atoms with E-state index in [0.29, 0.717) is 11.5 Å². The Hall–Kier alpha value is -1.75. The number of carboxylic acid groups (broad SMARTS) is 1. The lowest BCUT2D eigenvalue weighted by Crippen LogP contribution is -2.56. The second-order valence-electron chi connectivity index (χ2n) is 4.77. The third kappa shape index (κ3) is 2.81. The molecule has 0 heterocycles. The van der Waals surface area contributed by atoms with Crippen molar-refractivity contribution in [2.45, 2.75) is 18.4 Å². The molecule has 5 nitrogen and oxygen atoms in total. The van der Waals surface area contributed by atoms with E-state index in [1.807, 2.05) is 12.1 Å². The molecule has 104 valence electrons. The minimum Gasteiger partial charge on any atom is -0.497 e. The van der Waals surface area contributed by atoms with Gasteiger partial charge in [0.15, 0.2) is 5.54 Å². The lowest BCUT2D eigenvalue weighted by atomic mass is 9.94. The SMILES string of the molecule is CNC(COc1cccc(OC)c1)(C(=O)O)C1CC1. The van der Waals surface area contributed by atoms with E-state index < -0.39 is 11.5 Å². The summed E-state index contributed by atoms with van der Waals surface area (Å²) in [4.78, 5) is 11.5. The number of carbonyl (C=O) groups is 1. The molecule has 1 aliphatic rings. The Balaban J connectivity index is 2.08. The molecule has 1 saturated carbocycles. The molecule has 2 rings (SSSR count). The minimum absolute atomic E-state index is 0.108. The van der Waals surface area contributed by atoms with Crippen LogP contribution >= 0.6 is 0 Å². The fourth-order valence-corrected chi connectivity index (χ4v) is 2.20. The largest absolute Gasteiger partial charge is 0.497 e. The van der Waals surface area contributed by atoms with E-state index in [9.17, 15) is 9.90 Å². The van der Waals surface area contributed by atoms with Crippen molar-refractivity contribution in [1.29, 1.82) is 0 Å². The number of ether oxygens (including phenoxy) is 2. The summed E-state index contributed by atoms with van der Waals surface area (Å²) in [6, 6.07) is 7.16. The van der Waals surface area contributed by atoms with Gasteiger partial charge >= 0.3 is 5.97 Å². The Labute approximate surface area is 112 Å². The predicted molar refractivity (Wildman–Crippen MR) is 70.6 cm³/mol. The molecule has 0 amide bonds. The first kappa shape index (κ1) is 13.7. The highest BCUT2D eigenvalue weighted by Crippen LogP contribution is 2.40. The third-order valence-corrected chi connectivity index (χ3v) is 3.61. The van der Waals surface area contributed by atoms with Gasteiger partial charge in [-0.15, -0.1) is 0 Å². The van der Waals surface area contributed by atoms with Crippen molar-refractivity contribution in [3.05, 3.63) is 24.3 Å². The number of nitrogens with one attached hydrogen (secondary N) is 1. The molecule has 1 unspecified atom stereocenters. The first-order valence-corrected chi connectivity index (χ1v) is 6.31. The molecule has 1 aliphatic carbocycles. The number of hydrogen-bond donors (Lipinski definition) is 2. The zero-order valence-corrected chi connectivity index (χ0v) is 11.2. The van der Waals surface area contributed by atoms with Crippen molar-refractivity contribution >= 4 is 5.97 Å². The number of hydrogen-bond acceptors (Lipinski definition) is 4. The van der Waals surface area contributed by atoms with Crippen LogP contribution in [-0.4, -0.2) is 37.4 Å². The molecule has 0 spiro atoms. The van der Waals surface area contributed by atoms with E-state index in [-0.39, 0.29) is 12.5 Å². The van der Waals surface area contributed by atoms with Gasteiger partial charge in [0.1, 0.15) is 18.1 Å². The third-order valence-electron chi connectivity index (χ3n) is 3.61. The molecule has 5 heteroatoms. The van der Waals surface area contributed by atoms with Gasteiger partial charge in [0.2, 0.25) is 0 Å². The second-order valence-corrected chi connectivity index (χ2v) is 4.77. The highest BCUT2D eigenvalue weighted by molar-refractivity contribution is 5.80. The zero-order chi connectivity index (χ0) is 13.9. The molecule has 1 aromatic rings. The maximum atomic E-state index is 11.5. The number of carboxylic acids is 1. The summed E-state index contributed by atoms with van der Waals surface area (Å²) < 4.78 is 10.8. The van der Waals surface area contributed by atoms with Crippen LogP contribution in [0.2, 0.25) is 0 Å². The van der Waals surface area contributed by atoms with Crippen molar-refractivity contribution in [3.63, 3.8) is 0 Å². The maximum Gasteiger partial charge on any atom is 0.327 e. The summed E-state index contributed by atoms with van der Waals surface area (Å²) in [5, 5.41) is 12.4. The van der Waals surface area contributed by atoms with E-state index >= 15 is 0 Å². The molecule has 0 aromatic heterocycles. The average Bonchev–Trinajstić information content (AvgIpc) is 3.25. The maximum absolute atomic E-state index is 11.5. The molecule has 1 fully saturated rings. The first-order chi connectivity index (χ1) is 9.12. The lowest BCUT2D eigenvalue weighted by Gasteiger charge is -2.28. The Morgan fingerprint density at radius 2 is 2.16 bits per heavy atom. The topological polar surface area (TPSA) is 67.8 Å². The average molecular weight is 265 g/mol. The van der Waals surface area contributed by atoms with Crippen LogP contribution < -0.4 is 14.8 Å². The fourth-order valence-electron chi connectivity index (χ4n) is 2.20.